The number of esters is 1. The van der Waals surface area contributed by atoms with Crippen LogP contribution >= 0.6 is 11.6 Å². The van der Waals surface area contributed by atoms with E-state index in [-0.39, 0.29) is 23.0 Å². The Morgan fingerprint density at radius 1 is 1.22 bits per heavy atom. The summed E-state index contributed by atoms with van der Waals surface area (Å²) in [6, 6.07) is 10.3. The van der Waals surface area contributed by atoms with Gasteiger partial charge in [-0.25, -0.2) is 4.79 Å². The molecule has 1 atom stereocenters. The third kappa shape index (κ3) is 5.42. The highest BCUT2D eigenvalue weighted by Crippen LogP contribution is 2.27. The second-order valence-electron chi connectivity index (χ2n) is 5.56. The number of nitro groups is 1. The smallest absolute Gasteiger partial charge is 0.338 e. The van der Waals surface area contributed by atoms with Crippen LogP contribution in [0.5, 0.6) is 5.75 Å². The Kier molecular flexibility index (Phi) is 6.73. The maximum atomic E-state index is 12.0. The Hall–Kier alpha value is -3.13. The summed E-state index contributed by atoms with van der Waals surface area (Å²) in [5.74, 6) is -1.34. The molecule has 0 bridgehead atoms. The van der Waals surface area contributed by atoms with Gasteiger partial charge in [0.15, 0.2) is 12.4 Å². The molecule has 0 fully saturated rings. The van der Waals surface area contributed by atoms with Gasteiger partial charge in [-0.05, 0) is 36.8 Å². The first-order valence-corrected chi connectivity index (χ1v) is 8.24. The number of carbonyl (C=O) groups excluding carboxylic acids is 2. The summed E-state index contributed by atoms with van der Waals surface area (Å²) in [7, 11) is 1.28. The van der Waals surface area contributed by atoms with Gasteiger partial charge < -0.3 is 14.8 Å². The average Bonchev–Trinajstić information content (AvgIpc) is 2.65. The van der Waals surface area contributed by atoms with Crippen LogP contribution in [0.25, 0.3) is 0 Å². The molecule has 2 aromatic rings. The number of nitro benzene ring substituents is 1. The fourth-order valence-corrected chi connectivity index (χ4v) is 2.42. The van der Waals surface area contributed by atoms with Crippen molar-refractivity contribution in [1.29, 1.82) is 0 Å². The van der Waals surface area contributed by atoms with Crippen LogP contribution in [-0.2, 0) is 9.53 Å². The quantitative estimate of drug-likeness (QED) is 0.440. The molecule has 0 saturated heterocycles. The van der Waals surface area contributed by atoms with E-state index in [1.807, 2.05) is 0 Å². The van der Waals surface area contributed by atoms with Gasteiger partial charge >= 0.3 is 11.7 Å². The van der Waals surface area contributed by atoms with Crippen molar-refractivity contribution >= 4 is 29.2 Å². The van der Waals surface area contributed by atoms with Gasteiger partial charge in [0.2, 0.25) is 0 Å². The number of nitrogens with zero attached hydrogens (tertiary/aromatic N) is 1. The molecule has 0 unspecified atom stereocenters. The van der Waals surface area contributed by atoms with Gasteiger partial charge in [-0.15, -0.1) is 0 Å². The monoisotopic (exact) mass is 392 g/mol. The van der Waals surface area contributed by atoms with E-state index >= 15 is 0 Å². The number of benzene rings is 2. The molecule has 142 valence electrons. The molecule has 1 N–H and O–H groups in total. The number of rotatable bonds is 7. The Labute approximate surface area is 160 Å². The summed E-state index contributed by atoms with van der Waals surface area (Å²) in [4.78, 5) is 34.3. The summed E-state index contributed by atoms with van der Waals surface area (Å²) in [6.07, 6.45) is 0. The van der Waals surface area contributed by atoms with Crippen molar-refractivity contribution in [2.24, 2.45) is 0 Å². The molecule has 0 aliphatic carbocycles. The van der Waals surface area contributed by atoms with Crippen molar-refractivity contribution in [2.45, 2.75) is 13.0 Å². The van der Waals surface area contributed by atoms with Crippen LogP contribution < -0.4 is 10.1 Å². The molecule has 0 saturated carbocycles. The van der Waals surface area contributed by atoms with Crippen LogP contribution in [0.2, 0.25) is 5.02 Å². The minimum absolute atomic E-state index is 0.0195. The van der Waals surface area contributed by atoms with Gasteiger partial charge in [0.25, 0.3) is 5.91 Å². The summed E-state index contributed by atoms with van der Waals surface area (Å²) >= 11 is 5.82. The summed E-state index contributed by atoms with van der Waals surface area (Å²) in [5.41, 5.74) is 0.415. The fraction of sp³-hybridized carbons (Fsp3) is 0.222. The molecule has 0 radical (unpaired) electrons. The van der Waals surface area contributed by atoms with Crippen LogP contribution in [0.3, 0.4) is 0 Å². The number of hydrogen-bond acceptors (Lipinski definition) is 6. The van der Waals surface area contributed by atoms with E-state index < -0.39 is 23.4 Å². The first kappa shape index (κ1) is 20.2. The molecule has 27 heavy (non-hydrogen) atoms. The van der Waals surface area contributed by atoms with E-state index in [2.05, 4.69) is 5.32 Å². The highest BCUT2D eigenvalue weighted by molar-refractivity contribution is 6.30. The maximum absolute atomic E-state index is 12.0. The fourth-order valence-electron chi connectivity index (χ4n) is 2.29. The Bertz CT molecular complexity index is 853. The first-order chi connectivity index (χ1) is 12.8. The molecule has 0 heterocycles. The van der Waals surface area contributed by atoms with Crippen molar-refractivity contribution in [1.82, 2.24) is 5.32 Å². The predicted octanol–water partition coefficient (Wildman–Crippen LogP) is 3.29. The number of carbonyl (C=O) groups is 2. The van der Waals surface area contributed by atoms with Crippen molar-refractivity contribution < 1.29 is 24.0 Å². The third-order valence-electron chi connectivity index (χ3n) is 3.69. The lowest BCUT2D eigenvalue weighted by molar-refractivity contribution is -0.385. The van der Waals surface area contributed by atoms with Gasteiger partial charge in [0, 0.05) is 11.1 Å². The molecule has 9 heteroatoms. The van der Waals surface area contributed by atoms with E-state index in [1.165, 1.54) is 19.2 Å². The first-order valence-electron chi connectivity index (χ1n) is 7.86. The van der Waals surface area contributed by atoms with Crippen molar-refractivity contribution in [3.8, 4) is 5.75 Å². The lowest BCUT2D eigenvalue weighted by atomic mass is 10.1. The second kappa shape index (κ2) is 9.00. The van der Waals surface area contributed by atoms with Crippen LogP contribution in [-0.4, -0.2) is 30.5 Å². The van der Waals surface area contributed by atoms with E-state index in [0.717, 1.165) is 11.6 Å². The van der Waals surface area contributed by atoms with Gasteiger partial charge in [-0.2, -0.15) is 0 Å². The molecule has 0 aromatic heterocycles. The van der Waals surface area contributed by atoms with E-state index in [9.17, 15) is 19.7 Å². The number of nitrogens with one attached hydrogen (secondary N) is 1. The SMILES string of the molecule is COc1ccc(C(=O)OCC(=O)N[C@@H](C)c2ccc(Cl)cc2)cc1[N+](=O)[O-]. The van der Waals surface area contributed by atoms with Crippen LogP contribution in [0.15, 0.2) is 42.5 Å². The molecule has 0 aliphatic heterocycles. The van der Waals surface area contributed by atoms with Crippen LogP contribution in [0.1, 0.15) is 28.9 Å². The normalized spacial score (nSPS) is 11.4. The summed E-state index contributed by atoms with van der Waals surface area (Å²) in [5, 5.41) is 14.3. The molecular weight excluding hydrogens is 376 g/mol. The number of ether oxygens (including phenoxy) is 2. The predicted molar refractivity (Wildman–Crippen MR) is 97.9 cm³/mol. The number of methoxy groups -OCH3 is 1. The average molecular weight is 393 g/mol. The standard InChI is InChI=1S/C18H17ClN2O6/c1-11(12-3-6-14(19)7-4-12)20-17(22)10-27-18(23)13-5-8-16(26-2)15(9-13)21(24)25/h3-9,11H,10H2,1-2H3,(H,20,22)/t11-/m0/s1. The molecular formula is C18H17ClN2O6. The van der Waals surface area contributed by atoms with Gasteiger partial charge in [0.1, 0.15) is 0 Å². The zero-order valence-corrected chi connectivity index (χ0v) is 15.4. The van der Waals surface area contributed by atoms with E-state index in [0.29, 0.717) is 5.02 Å². The van der Waals surface area contributed by atoms with E-state index in [4.69, 9.17) is 21.1 Å². The number of hydrogen-bond donors (Lipinski definition) is 1. The van der Waals surface area contributed by atoms with Gasteiger partial charge in [-0.3, -0.25) is 14.9 Å². The molecule has 2 rings (SSSR count). The number of amides is 1. The van der Waals surface area contributed by atoms with Crippen molar-refractivity contribution in [3.05, 3.63) is 68.7 Å². The lowest BCUT2D eigenvalue weighted by Crippen LogP contribution is -2.31. The molecule has 1 amide bonds. The van der Waals surface area contributed by atoms with Gasteiger partial charge in [-0.1, -0.05) is 23.7 Å². The Morgan fingerprint density at radius 2 is 1.89 bits per heavy atom. The Balaban J connectivity index is 1.94. The molecule has 8 nitrogen and oxygen atoms in total. The minimum Gasteiger partial charge on any atom is -0.490 e. The summed E-state index contributed by atoms with van der Waals surface area (Å²) < 4.78 is 9.79. The zero-order valence-electron chi connectivity index (χ0n) is 14.6. The summed E-state index contributed by atoms with van der Waals surface area (Å²) in [6.45, 7) is 1.26. The molecule has 2 aromatic carbocycles. The van der Waals surface area contributed by atoms with Gasteiger partial charge in [0.05, 0.1) is 23.6 Å². The maximum Gasteiger partial charge on any atom is 0.338 e. The largest absolute Gasteiger partial charge is 0.490 e. The zero-order chi connectivity index (χ0) is 20.0. The third-order valence-corrected chi connectivity index (χ3v) is 3.95. The van der Waals surface area contributed by atoms with Crippen molar-refractivity contribution in [3.63, 3.8) is 0 Å². The van der Waals surface area contributed by atoms with E-state index in [1.54, 1.807) is 31.2 Å². The highest BCUT2D eigenvalue weighted by Gasteiger charge is 2.20. The topological polar surface area (TPSA) is 108 Å². The minimum atomic E-state index is -0.852. The highest BCUT2D eigenvalue weighted by atomic mass is 35.5. The lowest BCUT2D eigenvalue weighted by Gasteiger charge is -2.14. The van der Waals surface area contributed by atoms with Crippen molar-refractivity contribution in [2.75, 3.05) is 13.7 Å². The van der Waals surface area contributed by atoms with Crippen LogP contribution in [0.4, 0.5) is 5.69 Å². The Morgan fingerprint density at radius 3 is 2.48 bits per heavy atom. The van der Waals surface area contributed by atoms with Crippen LogP contribution in [0, 0.1) is 10.1 Å². The molecule has 0 spiro atoms. The number of halogens is 1. The molecule has 0 aliphatic rings. The second-order valence-corrected chi connectivity index (χ2v) is 6.00.